The van der Waals surface area contributed by atoms with Gasteiger partial charge >= 0.3 is 0 Å². The quantitative estimate of drug-likeness (QED) is 0.766. The van der Waals surface area contributed by atoms with Gasteiger partial charge in [0, 0.05) is 5.56 Å². The lowest BCUT2D eigenvalue weighted by atomic mass is 10.1. The van der Waals surface area contributed by atoms with E-state index in [9.17, 15) is 4.79 Å². The van der Waals surface area contributed by atoms with E-state index in [0.29, 0.717) is 15.6 Å². The molecule has 2 aromatic rings. The summed E-state index contributed by atoms with van der Waals surface area (Å²) in [4.78, 5) is 11.8. The molecule has 0 fully saturated rings. The summed E-state index contributed by atoms with van der Waals surface area (Å²) in [5.41, 5.74) is 1.21. The fourth-order valence-electron chi connectivity index (χ4n) is 1.19. The van der Waals surface area contributed by atoms with Crippen molar-refractivity contribution in [2.45, 2.75) is 0 Å². The van der Waals surface area contributed by atoms with Crippen molar-refractivity contribution in [3.63, 3.8) is 0 Å². The molecule has 0 aliphatic carbocycles. The first-order valence-electron chi connectivity index (χ1n) is 4.10. The molecule has 1 aromatic heterocycles. The van der Waals surface area contributed by atoms with Crippen LogP contribution >= 0.6 is 15.9 Å². The van der Waals surface area contributed by atoms with Crippen LogP contribution in [0.4, 0.5) is 0 Å². The molecule has 0 spiro atoms. The van der Waals surface area contributed by atoms with Crippen LogP contribution in [0.2, 0.25) is 0 Å². The largest absolute Gasteiger partial charge is 0.471 e. The van der Waals surface area contributed by atoms with E-state index < -0.39 is 0 Å². The van der Waals surface area contributed by atoms with E-state index in [2.05, 4.69) is 15.9 Å². The number of hydrogen-bond donors (Lipinski definition) is 0. The van der Waals surface area contributed by atoms with Crippen LogP contribution in [0.15, 0.2) is 51.7 Å². The summed E-state index contributed by atoms with van der Waals surface area (Å²) in [6.45, 7) is 0. The minimum atomic E-state index is -0.0359. The summed E-state index contributed by atoms with van der Waals surface area (Å²) in [6, 6.07) is 9.10. The molecule has 0 unspecified atom stereocenters. The smallest absolute Gasteiger partial charge is 0.197 e. The van der Waals surface area contributed by atoms with Crippen LogP contribution in [0.3, 0.4) is 0 Å². The van der Waals surface area contributed by atoms with Gasteiger partial charge in [0.2, 0.25) is 0 Å². The van der Waals surface area contributed by atoms with Crippen LogP contribution in [0, 0.1) is 0 Å². The molecular weight excluding hydrogens is 244 g/mol. The Morgan fingerprint density at radius 2 is 1.86 bits per heavy atom. The van der Waals surface area contributed by atoms with Gasteiger partial charge in [0.15, 0.2) is 5.78 Å². The number of halogens is 1. The Balaban J connectivity index is 2.39. The van der Waals surface area contributed by atoms with Crippen molar-refractivity contribution in [1.29, 1.82) is 0 Å². The molecule has 0 amide bonds. The molecule has 2 nitrogen and oxygen atoms in total. The Bertz CT molecular complexity index is 445. The second kappa shape index (κ2) is 3.80. The Morgan fingerprint density at radius 1 is 1.14 bits per heavy atom. The van der Waals surface area contributed by atoms with Gasteiger partial charge in [-0.2, -0.15) is 0 Å². The Kier molecular flexibility index (Phi) is 2.50. The Labute approximate surface area is 89.7 Å². The van der Waals surface area contributed by atoms with E-state index in [1.54, 1.807) is 12.1 Å². The standard InChI is InChI=1S/C11H7BrO2/c12-10-7-14-6-9(10)11(13)8-4-2-1-3-5-8/h1-7H. The predicted molar refractivity (Wildman–Crippen MR) is 56.3 cm³/mol. The molecule has 2 rings (SSSR count). The van der Waals surface area contributed by atoms with E-state index in [-0.39, 0.29) is 5.78 Å². The fraction of sp³-hybridized carbons (Fsp3) is 0. The van der Waals surface area contributed by atoms with Crippen molar-refractivity contribution in [1.82, 2.24) is 0 Å². The number of rotatable bonds is 2. The highest BCUT2D eigenvalue weighted by Crippen LogP contribution is 2.20. The molecule has 0 atom stereocenters. The summed E-state index contributed by atoms with van der Waals surface area (Å²) in [6.07, 6.45) is 2.94. The summed E-state index contributed by atoms with van der Waals surface area (Å²) < 4.78 is 5.61. The molecule has 70 valence electrons. The lowest BCUT2D eigenvalue weighted by Crippen LogP contribution is -1.99. The van der Waals surface area contributed by atoms with E-state index in [0.717, 1.165) is 0 Å². The van der Waals surface area contributed by atoms with Crippen molar-refractivity contribution in [2.24, 2.45) is 0 Å². The average Bonchev–Trinajstić information content (AvgIpc) is 2.65. The van der Waals surface area contributed by atoms with Crippen molar-refractivity contribution in [3.8, 4) is 0 Å². The first kappa shape index (κ1) is 9.21. The minimum Gasteiger partial charge on any atom is -0.471 e. The van der Waals surface area contributed by atoms with E-state index in [4.69, 9.17) is 4.42 Å². The van der Waals surface area contributed by atoms with Crippen LogP contribution in [0.5, 0.6) is 0 Å². The lowest BCUT2D eigenvalue weighted by Gasteiger charge is -1.96. The van der Waals surface area contributed by atoms with Gasteiger partial charge in [-0.3, -0.25) is 4.79 Å². The van der Waals surface area contributed by atoms with Gasteiger partial charge in [-0.15, -0.1) is 0 Å². The Morgan fingerprint density at radius 3 is 2.43 bits per heavy atom. The summed E-state index contributed by atoms with van der Waals surface area (Å²) in [5.74, 6) is -0.0359. The van der Waals surface area contributed by atoms with Crippen LogP contribution in [-0.4, -0.2) is 5.78 Å². The lowest BCUT2D eigenvalue weighted by molar-refractivity contribution is 0.103. The van der Waals surface area contributed by atoms with Gasteiger partial charge in [-0.1, -0.05) is 30.3 Å². The van der Waals surface area contributed by atoms with Gasteiger partial charge in [-0.25, -0.2) is 0 Å². The number of benzene rings is 1. The first-order chi connectivity index (χ1) is 6.79. The zero-order chi connectivity index (χ0) is 9.97. The molecule has 1 heterocycles. The summed E-state index contributed by atoms with van der Waals surface area (Å²) in [7, 11) is 0. The highest BCUT2D eigenvalue weighted by molar-refractivity contribution is 9.10. The zero-order valence-corrected chi connectivity index (χ0v) is 8.82. The van der Waals surface area contributed by atoms with Crippen molar-refractivity contribution < 1.29 is 9.21 Å². The molecule has 0 radical (unpaired) electrons. The van der Waals surface area contributed by atoms with E-state index in [1.165, 1.54) is 12.5 Å². The van der Waals surface area contributed by atoms with Crippen molar-refractivity contribution >= 4 is 21.7 Å². The molecule has 0 bridgehead atoms. The zero-order valence-electron chi connectivity index (χ0n) is 7.24. The molecule has 3 heteroatoms. The molecular formula is C11H7BrO2. The fourth-order valence-corrected chi connectivity index (χ4v) is 1.57. The SMILES string of the molecule is O=C(c1ccccc1)c1cocc1Br. The normalized spacial score (nSPS) is 10.1. The highest BCUT2D eigenvalue weighted by Gasteiger charge is 2.13. The van der Waals surface area contributed by atoms with Gasteiger partial charge in [0.05, 0.1) is 10.0 Å². The third kappa shape index (κ3) is 1.63. The van der Waals surface area contributed by atoms with E-state index in [1.807, 2.05) is 18.2 Å². The Hall–Kier alpha value is -1.35. The van der Waals surface area contributed by atoms with Gasteiger partial charge in [-0.05, 0) is 15.9 Å². The van der Waals surface area contributed by atoms with Gasteiger partial charge in [0.1, 0.15) is 12.5 Å². The number of hydrogen-bond acceptors (Lipinski definition) is 2. The summed E-state index contributed by atoms with van der Waals surface area (Å²) >= 11 is 3.25. The molecule has 0 saturated carbocycles. The number of carbonyl (C=O) groups excluding carboxylic acids is 1. The maximum atomic E-state index is 11.8. The minimum absolute atomic E-state index is 0.0359. The second-order valence-electron chi connectivity index (χ2n) is 2.83. The van der Waals surface area contributed by atoms with Crippen LogP contribution in [-0.2, 0) is 0 Å². The monoisotopic (exact) mass is 250 g/mol. The maximum absolute atomic E-state index is 11.8. The number of carbonyl (C=O) groups is 1. The van der Waals surface area contributed by atoms with Crippen LogP contribution < -0.4 is 0 Å². The molecule has 14 heavy (non-hydrogen) atoms. The molecule has 1 aromatic carbocycles. The molecule has 0 aliphatic rings. The first-order valence-corrected chi connectivity index (χ1v) is 4.90. The van der Waals surface area contributed by atoms with Gasteiger partial charge in [0.25, 0.3) is 0 Å². The van der Waals surface area contributed by atoms with Gasteiger partial charge < -0.3 is 4.42 Å². The molecule has 0 saturated heterocycles. The third-order valence-electron chi connectivity index (χ3n) is 1.90. The molecule has 0 N–H and O–H groups in total. The topological polar surface area (TPSA) is 30.2 Å². The highest BCUT2D eigenvalue weighted by atomic mass is 79.9. The maximum Gasteiger partial charge on any atom is 0.197 e. The van der Waals surface area contributed by atoms with Crippen molar-refractivity contribution in [2.75, 3.05) is 0 Å². The summed E-state index contributed by atoms with van der Waals surface area (Å²) in [5, 5.41) is 0. The number of furan rings is 1. The van der Waals surface area contributed by atoms with E-state index >= 15 is 0 Å². The van der Waals surface area contributed by atoms with Crippen LogP contribution in [0.25, 0.3) is 0 Å². The van der Waals surface area contributed by atoms with Crippen molar-refractivity contribution in [3.05, 3.63) is 58.5 Å². The predicted octanol–water partition coefficient (Wildman–Crippen LogP) is 3.27. The number of ketones is 1. The third-order valence-corrected chi connectivity index (χ3v) is 2.51. The average molecular weight is 251 g/mol. The second-order valence-corrected chi connectivity index (χ2v) is 3.68. The molecule has 0 aliphatic heterocycles. The van der Waals surface area contributed by atoms with Crippen LogP contribution in [0.1, 0.15) is 15.9 Å².